The molecule has 7 heteroatoms. The molecule has 0 bridgehead atoms. The number of nitrogens with zero attached hydrogens (tertiary/aromatic N) is 4. The zero-order valence-corrected chi connectivity index (χ0v) is 13.3. The molecule has 21 heavy (non-hydrogen) atoms. The lowest BCUT2D eigenvalue weighted by molar-refractivity contribution is 0.527. The zero-order chi connectivity index (χ0) is 15.9. The van der Waals surface area contributed by atoms with Crippen LogP contribution in [0.4, 0.5) is 0 Å². The number of hydrogen-bond acceptors (Lipinski definition) is 4. The Morgan fingerprint density at radius 3 is 2.29 bits per heavy atom. The molecule has 0 aromatic carbocycles. The monoisotopic (exact) mass is 293 g/mol. The Bertz CT molecular complexity index is 781. The first-order valence-electron chi connectivity index (χ1n) is 7.29. The van der Waals surface area contributed by atoms with Crippen molar-refractivity contribution in [1.82, 2.24) is 18.7 Å². The molecule has 2 aromatic rings. The SMILES string of the molecule is CCn1c(=O)c2c(nc(C)n2C(C)CN)n(C(C)C)c1=O. The molecule has 0 spiro atoms. The standard InChI is InChI=1S/C14H23N5O2/c1-6-17-13(20)11-12(18(8(2)3)14(17)21)16-10(5)19(11)9(4)7-15/h8-9H,6-7,15H2,1-5H3. The van der Waals surface area contributed by atoms with Gasteiger partial charge in [-0.3, -0.25) is 13.9 Å². The maximum absolute atomic E-state index is 12.7. The van der Waals surface area contributed by atoms with Crippen LogP contribution >= 0.6 is 0 Å². The number of aryl methyl sites for hydroxylation is 1. The highest BCUT2D eigenvalue weighted by Crippen LogP contribution is 2.18. The molecular formula is C14H23N5O2. The highest BCUT2D eigenvalue weighted by atomic mass is 16.2. The van der Waals surface area contributed by atoms with Gasteiger partial charge in [-0.05, 0) is 34.6 Å². The second-order valence-electron chi connectivity index (χ2n) is 5.58. The summed E-state index contributed by atoms with van der Waals surface area (Å²) in [5.41, 5.74) is 6.05. The van der Waals surface area contributed by atoms with Crippen LogP contribution in [-0.2, 0) is 6.54 Å². The number of nitrogens with two attached hydrogens (primary N) is 1. The summed E-state index contributed by atoms with van der Waals surface area (Å²) in [5, 5.41) is 0. The molecule has 0 saturated carbocycles. The predicted molar refractivity (Wildman–Crippen MR) is 82.8 cm³/mol. The normalized spacial score (nSPS) is 13.3. The van der Waals surface area contributed by atoms with Gasteiger partial charge in [0, 0.05) is 25.2 Å². The van der Waals surface area contributed by atoms with Crippen molar-refractivity contribution in [1.29, 1.82) is 0 Å². The van der Waals surface area contributed by atoms with Gasteiger partial charge in [0.1, 0.15) is 5.82 Å². The van der Waals surface area contributed by atoms with E-state index in [1.54, 1.807) is 11.5 Å². The number of imidazole rings is 1. The molecule has 1 atom stereocenters. The maximum atomic E-state index is 12.7. The lowest BCUT2D eigenvalue weighted by Gasteiger charge is -2.16. The number of rotatable bonds is 4. The van der Waals surface area contributed by atoms with E-state index in [1.165, 1.54) is 4.57 Å². The van der Waals surface area contributed by atoms with E-state index < -0.39 is 0 Å². The largest absolute Gasteiger partial charge is 0.332 e. The fourth-order valence-corrected chi connectivity index (χ4v) is 2.72. The summed E-state index contributed by atoms with van der Waals surface area (Å²) in [6.45, 7) is 10.1. The third-order valence-electron chi connectivity index (χ3n) is 3.80. The quantitative estimate of drug-likeness (QED) is 0.902. The molecule has 0 aliphatic heterocycles. The van der Waals surface area contributed by atoms with Crippen molar-refractivity contribution in [2.45, 2.75) is 53.2 Å². The molecule has 1 unspecified atom stereocenters. The minimum Gasteiger partial charge on any atom is -0.328 e. The van der Waals surface area contributed by atoms with Crippen molar-refractivity contribution in [3.05, 3.63) is 26.7 Å². The highest BCUT2D eigenvalue weighted by molar-refractivity contribution is 5.71. The molecule has 0 aliphatic carbocycles. The van der Waals surface area contributed by atoms with Crippen molar-refractivity contribution in [2.24, 2.45) is 5.73 Å². The van der Waals surface area contributed by atoms with Gasteiger partial charge >= 0.3 is 5.69 Å². The van der Waals surface area contributed by atoms with Gasteiger partial charge in [-0.15, -0.1) is 0 Å². The summed E-state index contributed by atoms with van der Waals surface area (Å²) < 4.78 is 4.66. The van der Waals surface area contributed by atoms with Crippen LogP contribution in [-0.4, -0.2) is 25.2 Å². The Morgan fingerprint density at radius 1 is 1.19 bits per heavy atom. The molecule has 116 valence electrons. The van der Waals surface area contributed by atoms with E-state index in [0.29, 0.717) is 30.1 Å². The number of aromatic nitrogens is 4. The van der Waals surface area contributed by atoms with Gasteiger partial charge in [0.25, 0.3) is 5.56 Å². The summed E-state index contributed by atoms with van der Waals surface area (Å²) in [6, 6.07) is -0.125. The third kappa shape index (κ3) is 2.21. The lowest BCUT2D eigenvalue weighted by atomic mass is 10.3. The van der Waals surface area contributed by atoms with E-state index in [2.05, 4.69) is 4.98 Å². The van der Waals surface area contributed by atoms with Gasteiger partial charge in [0.05, 0.1) is 0 Å². The van der Waals surface area contributed by atoms with Crippen LogP contribution in [0.2, 0.25) is 0 Å². The third-order valence-corrected chi connectivity index (χ3v) is 3.80. The Hall–Kier alpha value is -1.89. The van der Waals surface area contributed by atoms with E-state index in [4.69, 9.17) is 5.73 Å². The fourth-order valence-electron chi connectivity index (χ4n) is 2.72. The Labute approximate surface area is 123 Å². The van der Waals surface area contributed by atoms with Crippen LogP contribution in [0.15, 0.2) is 9.59 Å². The minimum absolute atomic E-state index is 0.0499. The lowest BCUT2D eigenvalue weighted by Crippen LogP contribution is -2.41. The van der Waals surface area contributed by atoms with Crippen LogP contribution in [0.1, 0.15) is 45.6 Å². The molecule has 0 saturated heterocycles. The smallest absolute Gasteiger partial charge is 0.328 e. The van der Waals surface area contributed by atoms with Crippen LogP contribution < -0.4 is 17.0 Å². The van der Waals surface area contributed by atoms with E-state index in [9.17, 15) is 9.59 Å². The van der Waals surface area contributed by atoms with Crippen LogP contribution in [0.3, 0.4) is 0 Å². The molecule has 2 N–H and O–H groups in total. The Balaban J connectivity index is 3.07. The molecule has 0 aliphatic rings. The summed E-state index contributed by atoms with van der Waals surface area (Å²) in [5.74, 6) is 0.697. The molecule has 2 aromatic heterocycles. The zero-order valence-electron chi connectivity index (χ0n) is 13.3. The first-order chi connectivity index (χ1) is 9.84. The second-order valence-corrected chi connectivity index (χ2v) is 5.58. The van der Waals surface area contributed by atoms with Gasteiger partial charge in [0.15, 0.2) is 11.2 Å². The van der Waals surface area contributed by atoms with Crippen molar-refractivity contribution in [3.63, 3.8) is 0 Å². The van der Waals surface area contributed by atoms with Gasteiger partial charge in [-0.2, -0.15) is 0 Å². The summed E-state index contributed by atoms with van der Waals surface area (Å²) in [6.07, 6.45) is 0. The van der Waals surface area contributed by atoms with Gasteiger partial charge in [-0.25, -0.2) is 9.78 Å². The molecule has 0 fully saturated rings. The van der Waals surface area contributed by atoms with Gasteiger partial charge < -0.3 is 10.3 Å². The van der Waals surface area contributed by atoms with E-state index in [1.807, 2.05) is 32.3 Å². The van der Waals surface area contributed by atoms with Crippen molar-refractivity contribution < 1.29 is 0 Å². The van der Waals surface area contributed by atoms with E-state index >= 15 is 0 Å². The second kappa shape index (κ2) is 5.48. The highest BCUT2D eigenvalue weighted by Gasteiger charge is 2.22. The molecule has 0 amide bonds. The minimum atomic E-state index is -0.310. The average molecular weight is 293 g/mol. The summed E-state index contributed by atoms with van der Waals surface area (Å²) in [7, 11) is 0. The average Bonchev–Trinajstić information content (AvgIpc) is 2.75. The molecule has 7 nitrogen and oxygen atoms in total. The number of hydrogen-bond donors (Lipinski definition) is 1. The number of fused-ring (bicyclic) bond motifs is 1. The van der Waals surface area contributed by atoms with E-state index in [0.717, 1.165) is 0 Å². The van der Waals surface area contributed by atoms with Crippen LogP contribution in [0.25, 0.3) is 11.2 Å². The topological polar surface area (TPSA) is 87.8 Å². The van der Waals surface area contributed by atoms with E-state index in [-0.39, 0.29) is 23.3 Å². The van der Waals surface area contributed by atoms with Crippen LogP contribution in [0, 0.1) is 6.92 Å². The van der Waals surface area contributed by atoms with Crippen molar-refractivity contribution in [2.75, 3.05) is 6.54 Å². The van der Waals surface area contributed by atoms with Crippen molar-refractivity contribution in [3.8, 4) is 0 Å². The maximum Gasteiger partial charge on any atom is 0.332 e. The predicted octanol–water partition coefficient (Wildman–Crippen LogP) is 0.789. The summed E-state index contributed by atoms with van der Waals surface area (Å²) >= 11 is 0. The van der Waals surface area contributed by atoms with Gasteiger partial charge in [0.2, 0.25) is 0 Å². The van der Waals surface area contributed by atoms with Crippen molar-refractivity contribution >= 4 is 11.2 Å². The first kappa shape index (κ1) is 15.5. The molecule has 0 radical (unpaired) electrons. The molecule has 2 heterocycles. The Kier molecular flexibility index (Phi) is 4.04. The summed E-state index contributed by atoms with van der Waals surface area (Å²) in [4.78, 5) is 29.6. The fraction of sp³-hybridized carbons (Fsp3) is 0.643. The Morgan fingerprint density at radius 2 is 1.81 bits per heavy atom. The molecular weight excluding hydrogens is 270 g/mol. The molecule has 2 rings (SSSR count). The first-order valence-corrected chi connectivity index (χ1v) is 7.29. The van der Waals surface area contributed by atoms with Crippen LogP contribution in [0.5, 0.6) is 0 Å². The van der Waals surface area contributed by atoms with Gasteiger partial charge in [-0.1, -0.05) is 0 Å².